The average molecular weight is 348 g/mol. The molecule has 1 atom stereocenters. The van der Waals surface area contributed by atoms with Crippen molar-refractivity contribution in [1.82, 2.24) is 5.32 Å². The van der Waals surface area contributed by atoms with E-state index in [1.807, 2.05) is 0 Å². The van der Waals surface area contributed by atoms with Crippen LogP contribution in [0, 0.1) is 11.6 Å². The van der Waals surface area contributed by atoms with E-state index >= 15 is 0 Å². The maximum Gasteiger partial charge on any atom is 0.243 e. The number of rotatable bonds is 5. The molecule has 1 unspecified atom stereocenters. The number of morpholine rings is 1. The summed E-state index contributed by atoms with van der Waals surface area (Å²) in [4.78, 5) is 12.1. The minimum atomic E-state index is -0.609. The van der Waals surface area contributed by atoms with E-state index in [2.05, 4.69) is 10.6 Å². The van der Waals surface area contributed by atoms with Crippen LogP contribution in [0.1, 0.15) is 5.56 Å². The second-order valence-electron chi connectivity index (χ2n) is 5.63. The van der Waals surface area contributed by atoms with Crippen LogP contribution in [0.3, 0.4) is 0 Å². The Morgan fingerprint density at radius 3 is 2.88 bits per heavy atom. The Labute approximate surface area is 143 Å². The summed E-state index contributed by atoms with van der Waals surface area (Å²) in [6.45, 7) is 1.49. The largest absolute Gasteiger partial charge is 0.486 e. The summed E-state index contributed by atoms with van der Waals surface area (Å²) >= 11 is 0. The van der Waals surface area contributed by atoms with Gasteiger partial charge in [-0.3, -0.25) is 4.79 Å². The predicted octanol–water partition coefficient (Wildman–Crippen LogP) is 2.47. The van der Waals surface area contributed by atoms with Crippen LogP contribution in [0.4, 0.5) is 14.5 Å². The maximum atomic E-state index is 14.1. The number of carbonyl (C=O) groups is 1. The molecule has 7 heteroatoms. The summed E-state index contributed by atoms with van der Waals surface area (Å²) in [7, 11) is 0. The molecule has 0 aliphatic carbocycles. The normalized spacial score (nSPS) is 17.1. The highest BCUT2D eigenvalue weighted by atomic mass is 19.1. The summed E-state index contributed by atoms with van der Waals surface area (Å²) < 4.78 is 37.8. The smallest absolute Gasteiger partial charge is 0.243 e. The topological polar surface area (TPSA) is 59.6 Å². The molecule has 3 rings (SSSR count). The summed E-state index contributed by atoms with van der Waals surface area (Å²) in [5.74, 6) is -1.24. The van der Waals surface area contributed by atoms with Gasteiger partial charge in [-0.25, -0.2) is 8.78 Å². The number of hydrogen-bond acceptors (Lipinski definition) is 4. The van der Waals surface area contributed by atoms with E-state index in [-0.39, 0.29) is 30.7 Å². The third-order valence-electron chi connectivity index (χ3n) is 3.72. The lowest BCUT2D eigenvalue weighted by Gasteiger charge is -2.22. The molecule has 0 bridgehead atoms. The van der Waals surface area contributed by atoms with Crippen molar-refractivity contribution in [3.8, 4) is 5.75 Å². The first kappa shape index (κ1) is 17.3. The van der Waals surface area contributed by atoms with E-state index in [9.17, 15) is 13.6 Å². The van der Waals surface area contributed by atoms with Crippen molar-refractivity contribution in [2.24, 2.45) is 0 Å². The van der Waals surface area contributed by atoms with E-state index in [1.54, 1.807) is 18.2 Å². The minimum absolute atomic E-state index is 0.0291. The molecule has 1 heterocycles. The zero-order chi connectivity index (χ0) is 17.6. The Kier molecular flexibility index (Phi) is 5.57. The average Bonchev–Trinajstić information content (AvgIpc) is 2.62. The van der Waals surface area contributed by atoms with Crippen molar-refractivity contribution >= 4 is 11.6 Å². The molecular formula is C18H18F2N2O3. The molecule has 1 aliphatic heterocycles. The fourth-order valence-corrected chi connectivity index (χ4v) is 2.45. The van der Waals surface area contributed by atoms with Crippen LogP contribution in [-0.4, -0.2) is 31.7 Å². The van der Waals surface area contributed by atoms with Crippen LogP contribution >= 0.6 is 0 Å². The van der Waals surface area contributed by atoms with Gasteiger partial charge in [0, 0.05) is 18.3 Å². The van der Waals surface area contributed by atoms with E-state index in [1.165, 1.54) is 24.3 Å². The van der Waals surface area contributed by atoms with Gasteiger partial charge in [0.15, 0.2) is 11.6 Å². The van der Waals surface area contributed by atoms with Crippen molar-refractivity contribution in [1.29, 1.82) is 0 Å². The third kappa shape index (κ3) is 4.74. The van der Waals surface area contributed by atoms with Crippen LogP contribution in [0.5, 0.6) is 5.75 Å². The van der Waals surface area contributed by atoms with Gasteiger partial charge in [0.25, 0.3) is 0 Å². The van der Waals surface area contributed by atoms with Gasteiger partial charge in [-0.15, -0.1) is 0 Å². The van der Waals surface area contributed by atoms with E-state index < -0.39 is 11.9 Å². The molecule has 2 N–H and O–H groups in total. The van der Waals surface area contributed by atoms with Gasteiger partial charge >= 0.3 is 0 Å². The fraction of sp³-hybridized carbons (Fsp3) is 0.278. The van der Waals surface area contributed by atoms with Crippen LogP contribution in [0.2, 0.25) is 0 Å². The quantitative estimate of drug-likeness (QED) is 0.872. The number of benzene rings is 2. The fourth-order valence-electron chi connectivity index (χ4n) is 2.45. The first-order valence-corrected chi connectivity index (χ1v) is 7.90. The second-order valence-corrected chi connectivity index (χ2v) is 5.63. The zero-order valence-corrected chi connectivity index (χ0v) is 13.4. The Balaban J connectivity index is 1.59. The van der Waals surface area contributed by atoms with Crippen LogP contribution in [0.25, 0.3) is 0 Å². The minimum Gasteiger partial charge on any atom is -0.486 e. The van der Waals surface area contributed by atoms with Gasteiger partial charge < -0.3 is 20.1 Å². The number of ether oxygens (including phenoxy) is 2. The lowest BCUT2D eigenvalue weighted by molar-refractivity contribution is -0.120. The molecule has 2 aromatic rings. The van der Waals surface area contributed by atoms with Crippen LogP contribution in [-0.2, 0) is 16.1 Å². The van der Waals surface area contributed by atoms with E-state index in [4.69, 9.17) is 9.47 Å². The third-order valence-corrected chi connectivity index (χ3v) is 3.72. The number of anilines is 1. The summed E-state index contributed by atoms with van der Waals surface area (Å²) in [5, 5.41) is 5.66. The molecule has 0 radical (unpaired) electrons. The molecule has 0 spiro atoms. The van der Waals surface area contributed by atoms with Gasteiger partial charge in [0.05, 0.1) is 13.2 Å². The summed E-state index contributed by atoms with van der Waals surface area (Å²) in [6.07, 6.45) is 0. The maximum absolute atomic E-state index is 14.1. The number of hydrogen-bond donors (Lipinski definition) is 2. The number of carbonyl (C=O) groups excluding carboxylic acids is 1. The Morgan fingerprint density at radius 2 is 2.16 bits per heavy atom. The van der Waals surface area contributed by atoms with Gasteiger partial charge in [0.2, 0.25) is 5.91 Å². The molecule has 0 saturated carbocycles. The van der Waals surface area contributed by atoms with Crippen molar-refractivity contribution in [2.45, 2.75) is 12.6 Å². The SMILES string of the molecule is O=C(Nc1ccc(OCc2cccc(F)c2)c(F)c1)C1COCCN1. The Bertz CT molecular complexity index is 749. The van der Waals surface area contributed by atoms with Gasteiger partial charge in [-0.05, 0) is 29.8 Å². The summed E-state index contributed by atoms with van der Waals surface area (Å²) in [6, 6.07) is 9.60. The zero-order valence-electron chi connectivity index (χ0n) is 13.4. The molecule has 1 amide bonds. The predicted molar refractivity (Wildman–Crippen MR) is 88.4 cm³/mol. The molecule has 1 fully saturated rings. The van der Waals surface area contributed by atoms with Gasteiger partial charge in [-0.2, -0.15) is 0 Å². The first-order chi connectivity index (χ1) is 12.1. The van der Waals surface area contributed by atoms with Crippen LogP contribution in [0.15, 0.2) is 42.5 Å². The number of nitrogens with one attached hydrogen (secondary N) is 2. The molecular weight excluding hydrogens is 330 g/mol. The van der Waals surface area contributed by atoms with Crippen molar-refractivity contribution in [2.75, 3.05) is 25.1 Å². The van der Waals surface area contributed by atoms with Gasteiger partial charge in [-0.1, -0.05) is 12.1 Å². The van der Waals surface area contributed by atoms with E-state index in [0.29, 0.717) is 24.4 Å². The van der Waals surface area contributed by atoms with Crippen LogP contribution < -0.4 is 15.4 Å². The van der Waals surface area contributed by atoms with Gasteiger partial charge in [0.1, 0.15) is 18.5 Å². The Hall–Kier alpha value is -2.51. The first-order valence-electron chi connectivity index (χ1n) is 7.90. The Morgan fingerprint density at radius 1 is 1.28 bits per heavy atom. The highest BCUT2D eigenvalue weighted by molar-refractivity contribution is 5.95. The monoisotopic (exact) mass is 348 g/mol. The molecule has 0 aromatic heterocycles. The number of amides is 1. The van der Waals surface area contributed by atoms with Crippen molar-refractivity contribution in [3.05, 3.63) is 59.7 Å². The highest BCUT2D eigenvalue weighted by Gasteiger charge is 2.21. The molecule has 1 aliphatic rings. The molecule has 5 nitrogen and oxygen atoms in total. The van der Waals surface area contributed by atoms with Crippen molar-refractivity contribution < 1.29 is 23.0 Å². The number of halogens is 2. The second kappa shape index (κ2) is 8.04. The standard InChI is InChI=1S/C18H18F2N2O3/c19-13-3-1-2-12(8-13)10-25-17-5-4-14(9-15(17)20)22-18(23)16-11-24-7-6-21-16/h1-5,8-9,16,21H,6-7,10-11H2,(H,22,23). The molecule has 132 valence electrons. The lowest BCUT2D eigenvalue weighted by Crippen LogP contribution is -2.48. The molecule has 2 aromatic carbocycles. The molecule has 1 saturated heterocycles. The van der Waals surface area contributed by atoms with Crippen molar-refractivity contribution in [3.63, 3.8) is 0 Å². The molecule has 25 heavy (non-hydrogen) atoms. The lowest BCUT2D eigenvalue weighted by atomic mass is 10.2. The van der Waals surface area contributed by atoms with E-state index in [0.717, 1.165) is 0 Å². The summed E-state index contributed by atoms with van der Waals surface area (Å²) in [5.41, 5.74) is 0.924. The highest BCUT2D eigenvalue weighted by Crippen LogP contribution is 2.22.